The topological polar surface area (TPSA) is 58.6 Å². The number of para-hydroxylation sites is 1. The molecule has 0 fully saturated rings. The van der Waals surface area contributed by atoms with E-state index in [9.17, 15) is 9.90 Å². The number of phenols is 1. The first-order chi connectivity index (χ1) is 11.7. The second-order valence-electron chi connectivity index (χ2n) is 7.23. The SMILES string of the molecule is CCC(C)(C)C#CCC(NC(C)c1ccccc1O)C(=O)O[SiH](C)C. The number of hydrogen-bond acceptors (Lipinski definition) is 4. The van der Waals surface area contributed by atoms with Crippen LogP contribution in [0.25, 0.3) is 0 Å². The van der Waals surface area contributed by atoms with Crippen molar-refractivity contribution >= 4 is 15.0 Å². The molecule has 0 saturated carbocycles. The summed E-state index contributed by atoms with van der Waals surface area (Å²) < 4.78 is 5.50. The molecule has 0 bridgehead atoms. The lowest BCUT2D eigenvalue weighted by Gasteiger charge is -2.23. The molecule has 0 spiro atoms. The highest BCUT2D eigenvalue weighted by Crippen LogP contribution is 2.24. The Morgan fingerprint density at radius 3 is 2.56 bits per heavy atom. The third kappa shape index (κ3) is 7.33. The second-order valence-corrected chi connectivity index (χ2v) is 9.56. The van der Waals surface area contributed by atoms with Crippen molar-refractivity contribution in [2.24, 2.45) is 5.41 Å². The summed E-state index contributed by atoms with van der Waals surface area (Å²) >= 11 is 0. The van der Waals surface area contributed by atoms with Gasteiger partial charge in [0.1, 0.15) is 11.8 Å². The van der Waals surface area contributed by atoms with Crippen LogP contribution in [-0.2, 0) is 9.22 Å². The molecule has 2 unspecified atom stereocenters. The van der Waals surface area contributed by atoms with Gasteiger partial charge in [0.05, 0.1) is 0 Å². The predicted molar refractivity (Wildman–Crippen MR) is 105 cm³/mol. The van der Waals surface area contributed by atoms with Crippen LogP contribution in [0.3, 0.4) is 0 Å². The van der Waals surface area contributed by atoms with E-state index in [0.29, 0.717) is 6.42 Å². The van der Waals surface area contributed by atoms with Crippen LogP contribution in [0.5, 0.6) is 5.75 Å². The van der Waals surface area contributed by atoms with Gasteiger partial charge in [-0.1, -0.05) is 31.0 Å². The molecular weight excluding hydrogens is 330 g/mol. The first kappa shape index (κ1) is 21.3. The van der Waals surface area contributed by atoms with E-state index in [1.54, 1.807) is 12.1 Å². The maximum atomic E-state index is 12.5. The normalized spacial score (nSPS) is 13.7. The van der Waals surface area contributed by atoms with Crippen molar-refractivity contribution in [3.63, 3.8) is 0 Å². The minimum Gasteiger partial charge on any atom is -0.521 e. The maximum absolute atomic E-state index is 12.5. The van der Waals surface area contributed by atoms with Crippen molar-refractivity contribution in [1.82, 2.24) is 5.32 Å². The summed E-state index contributed by atoms with van der Waals surface area (Å²) in [6.45, 7) is 12.1. The Bertz CT molecular complexity index is 631. The minimum atomic E-state index is -1.47. The van der Waals surface area contributed by atoms with Crippen LogP contribution < -0.4 is 5.32 Å². The van der Waals surface area contributed by atoms with Crippen LogP contribution in [-0.4, -0.2) is 26.2 Å². The Morgan fingerprint density at radius 2 is 2.00 bits per heavy atom. The van der Waals surface area contributed by atoms with E-state index in [0.717, 1.165) is 12.0 Å². The Kier molecular flexibility index (Phi) is 8.20. The standard InChI is InChI=1S/C20H31NO3Si/c1-7-20(3,4)14-10-12-17(19(23)24-25(5)6)21-15(2)16-11-8-9-13-18(16)22/h8-9,11,13,15,17,21-22,25H,7,12H2,1-6H3. The lowest BCUT2D eigenvalue weighted by atomic mass is 9.91. The zero-order valence-electron chi connectivity index (χ0n) is 16.2. The summed E-state index contributed by atoms with van der Waals surface area (Å²) in [5, 5.41) is 13.3. The maximum Gasteiger partial charge on any atom is 0.310 e. The number of nitrogens with one attached hydrogen (secondary N) is 1. The Labute approximate surface area is 153 Å². The molecule has 0 aromatic heterocycles. The largest absolute Gasteiger partial charge is 0.521 e. The average Bonchev–Trinajstić information content (AvgIpc) is 2.53. The number of hydrogen-bond donors (Lipinski definition) is 2. The summed E-state index contributed by atoms with van der Waals surface area (Å²) in [5.41, 5.74) is 0.689. The van der Waals surface area contributed by atoms with Crippen molar-refractivity contribution in [2.45, 2.75) is 65.7 Å². The fourth-order valence-electron chi connectivity index (χ4n) is 2.25. The van der Waals surface area contributed by atoms with Gasteiger partial charge in [-0.25, -0.2) is 0 Å². The molecule has 0 aliphatic heterocycles. The fraction of sp³-hybridized carbons (Fsp3) is 0.550. The van der Waals surface area contributed by atoms with Gasteiger partial charge in [0.15, 0.2) is 0 Å². The molecule has 0 amide bonds. The molecule has 4 nitrogen and oxygen atoms in total. The lowest BCUT2D eigenvalue weighted by Crippen LogP contribution is -2.40. The van der Waals surface area contributed by atoms with E-state index in [4.69, 9.17) is 4.43 Å². The van der Waals surface area contributed by atoms with Crippen LogP contribution in [0.1, 0.15) is 52.1 Å². The van der Waals surface area contributed by atoms with Crippen molar-refractivity contribution in [3.05, 3.63) is 29.8 Å². The number of carbonyl (C=O) groups is 1. The lowest BCUT2D eigenvalue weighted by molar-refractivity contribution is -0.137. The molecule has 2 N–H and O–H groups in total. The van der Waals surface area contributed by atoms with Gasteiger partial charge in [-0.3, -0.25) is 10.1 Å². The van der Waals surface area contributed by atoms with Crippen molar-refractivity contribution in [1.29, 1.82) is 0 Å². The number of rotatable bonds is 7. The monoisotopic (exact) mass is 361 g/mol. The molecule has 25 heavy (non-hydrogen) atoms. The van der Waals surface area contributed by atoms with E-state index < -0.39 is 15.1 Å². The third-order valence-electron chi connectivity index (χ3n) is 4.11. The first-order valence-corrected chi connectivity index (χ1v) is 11.7. The van der Waals surface area contributed by atoms with E-state index in [-0.39, 0.29) is 23.2 Å². The molecule has 2 atom stereocenters. The van der Waals surface area contributed by atoms with Crippen molar-refractivity contribution in [3.8, 4) is 17.6 Å². The molecule has 0 heterocycles. The van der Waals surface area contributed by atoms with E-state index >= 15 is 0 Å². The molecule has 0 radical (unpaired) electrons. The summed E-state index contributed by atoms with van der Waals surface area (Å²) in [4.78, 5) is 12.5. The summed E-state index contributed by atoms with van der Waals surface area (Å²) in [5.74, 6) is 6.33. The van der Waals surface area contributed by atoms with Crippen LogP contribution in [0.4, 0.5) is 0 Å². The van der Waals surface area contributed by atoms with E-state index in [1.165, 1.54) is 0 Å². The Morgan fingerprint density at radius 1 is 1.36 bits per heavy atom. The predicted octanol–water partition coefficient (Wildman–Crippen LogP) is 3.77. The molecule has 1 aromatic rings. The van der Waals surface area contributed by atoms with Crippen LogP contribution in [0.15, 0.2) is 24.3 Å². The Balaban J connectivity index is 2.91. The molecule has 0 aliphatic carbocycles. The molecule has 1 aromatic carbocycles. The number of carbonyl (C=O) groups excluding carboxylic acids is 1. The number of aromatic hydroxyl groups is 1. The zero-order valence-corrected chi connectivity index (χ0v) is 17.4. The van der Waals surface area contributed by atoms with Crippen LogP contribution in [0.2, 0.25) is 13.1 Å². The van der Waals surface area contributed by atoms with E-state index in [1.807, 2.05) is 32.2 Å². The first-order valence-electron chi connectivity index (χ1n) is 8.90. The van der Waals surface area contributed by atoms with Gasteiger partial charge in [0, 0.05) is 23.4 Å². The molecule has 1 rings (SSSR count). The molecule has 5 heteroatoms. The zero-order chi connectivity index (χ0) is 19.0. The van der Waals surface area contributed by atoms with Crippen molar-refractivity contribution < 1.29 is 14.3 Å². The smallest absolute Gasteiger partial charge is 0.310 e. The van der Waals surface area contributed by atoms with Crippen LogP contribution >= 0.6 is 0 Å². The van der Waals surface area contributed by atoms with E-state index in [2.05, 4.69) is 37.9 Å². The van der Waals surface area contributed by atoms with Gasteiger partial charge in [0.25, 0.3) is 0 Å². The minimum absolute atomic E-state index is 0.0649. The van der Waals surface area contributed by atoms with Crippen LogP contribution in [0, 0.1) is 17.3 Å². The fourth-order valence-corrected chi connectivity index (χ4v) is 2.88. The summed E-state index contributed by atoms with van der Waals surface area (Å²) in [7, 11) is -1.47. The second kappa shape index (κ2) is 9.64. The molecular formula is C20H31NO3Si. The van der Waals surface area contributed by atoms with Gasteiger partial charge >= 0.3 is 5.97 Å². The highest BCUT2D eigenvalue weighted by Gasteiger charge is 2.23. The number of phenolic OH excluding ortho intramolecular Hbond substituents is 1. The molecule has 138 valence electrons. The molecule has 0 saturated heterocycles. The van der Waals surface area contributed by atoms with Crippen molar-refractivity contribution in [2.75, 3.05) is 0 Å². The molecule has 0 aliphatic rings. The highest BCUT2D eigenvalue weighted by atomic mass is 28.3. The average molecular weight is 362 g/mol. The van der Waals surface area contributed by atoms with Gasteiger partial charge in [-0.15, -0.1) is 5.92 Å². The highest BCUT2D eigenvalue weighted by molar-refractivity contribution is 6.50. The third-order valence-corrected chi connectivity index (χ3v) is 4.81. The number of benzene rings is 1. The van der Waals surface area contributed by atoms with Gasteiger partial charge < -0.3 is 9.53 Å². The summed E-state index contributed by atoms with van der Waals surface area (Å²) in [6, 6.07) is 6.44. The van der Waals surface area contributed by atoms with Gasteiger partial charge in [-0.2, -0.15) is 0 Å². The van der Waals surface area contributed by atoms with Gasteiger partial charge in [-0.05, 0) is 46.4 Å². The Hall–Kier alpha value is -1.77. The summed E-state index contributed by atoms with van der Waals surface area (Å²) in [6.07, 6.45) is 1.34. The quantitative estimate of drug-likeness (QED) is 0.573. The van der Waals surface area contributed by atoms with Gasteiger partial charge in [0.2, 0.25) is 9.04 Å².